The summed E-state index contributed by atoms with van der Waals surface area (Å²) < 4.78 is 85.3. The Bertz CT molecular complexity index is 3000. The molecule has 19 heteroatoms. The molecule has 0 bridgehead atoms. The van der Waals surface area contributed by atoms with Crippen LogP contribution < -0.4 is 14.2 Å². The number of rotatable bonds is 15. The largest absolute Gasteiger partial charge is 0.497 e. The van der Waals surface area contributed by atoms with Crippen LogP contribution in [0, 0.1) is 0 Å². The average molecular weight is 921 g/mol. The normalized spacial score (nSPS) is 13.5. The van der Waals surface area contributed by atoms with Gasteiger partial charge in [-0.15, -0.1) is 10.2 Å². The molecule has 0 unspecified atom stereocenters. The van der Waals surface area contributed by atoms with Crippen molar-refractivity contribution < 1.29 is 40.6 Å². The van der Waals surface area contributed by atoms with Crippen LogP contribution in [0.5, 0.6) is 17.2 Å². The smallest absolute Gasteiger partial charge is 0.410 e. The highest BCUT2D eigenvalue weighted by molar-refractivity contribution is 7.94. The molecule has 7 aromatic rings. The van der Waals surface area contributed by atoms with E-state index < -0.39 is 46.6 Å². The van der Waals surface area contributed by atoms with Crippen molar-refractivity contribution in [2.75, 3.05) is 34.4 Å². The van der Waals surface area contributed by atoms with Crippen LogP contribution in [0.3, 0.4) is 0 Å². The number of para-hydroxylation sites is 1. The highest BCUT2D eigenvalue weighted by Gasteiger charge is 2.46. The number of fused-ring (bicyclic) bond motifs is 1. The first kappa shape index (κ1) is 44.8. The Balaban J connectivity index is 1.35. The summed E-state index contributed by atoms with van der Waals surface area (Å²) in [6.45, 7) is 4.50. The van der Waals surface area contributed by atoms with Gasteiger partial charge in [-0.25, -0.2) is 21.6 Å². The van der Waals surface area contributed by atoms with Crippen LogP contribution in [0.25, 0.3) is 33.4 Å². The van der Waals surface area contributed by atoms with E-state index in [4.69, 9.17) is 24.0 Å². The summed E-state index contributed by atoms with van der Waals surface area (Å²) in [5.74, 6) is 1.65. The molecule has 0 radical (unpaired) electrons. The summed E-state index contributed by atoms with van der Waals surface area (Å²) in [6.07, 6.45) is 0.958. The summed E-state index contributed by atoms with van der Waals surface area (Å²) in [4.78, 5) is 14.6. The van der Waals surface area contributed by atoms with Gasteiger partial charge < -0.3 is 23.8 Å². The van der Waals surface area contributed by atoms with E-state index in [1.165, 1.54) is 34.3 Å². The molecule has 8 rings (SSSR count). The first-order chi connectivity index (χ1) is 31.1. The molecule has 1 N–H and O–H groups in total. The topological polar surface area (TPSA) is 201 Å². The lowest BCUT2D eigenvalue weighted by atomic mass is 9.97. The second-order valence-corrected chi connectivity index (χ2v) is 20.5. The number of sulfone groups is 1. The molecule has 0 aliphatic carbocycles. The van der Waals surface area contributed by atoms with E-state index in [1.54, 1.807) is 113 Å². The highest BCUT2D eigenvalue weighted by Crippen LogP contribution is 2.44. The van der Waals surface area contributed by atoms with Gasteiger partial charge in [0.2, 0.25) is 15.8 Å². The first-order valence-electron chi connectivity index (χ1n) is 20.6. The van der Waals surface area contributed by atoms with E-state index in [-0.39, 0.29) is 44.1 Å². The molecule has 5 aromatic carbocycles. The number of likely N-dealkylation sites (tertiary alicyclic amines) is 1. The quantitative estimate of drug-likeness (QED) is 0.113. The van der Waals surface area contributed by atoms with Gasteiger partial charge in [0.05, 0.1) is 50.0 Å². The average Bonchev–Trinajstić information content (AvgIpc) is 3.95. The Kier molecular flexibility index (Phi) is 12.4. The summed E-state index contributed by atoms with van der Waals surface area (Å²) in [5, 5.41) is 20.4. The van der Waals surface area contributed by atoms with E-state index in [2.05, 4.69) is 20.5 Å². The van der Waals surface area contributed by atoms with Crippen LogP contribution in [0.1, 0.15) is 37.5 Å². The van der Waals surface area contributed by atoms with Crippen molar-refractivity contribution >= 4 is 36.9 Å². The fraction of sp³-hybridized carbons (Fsp3) is 0.283. The van der Waals surface area contributed by atoms with Crippen LogP contribution in [-0.4, -0.2) is 108 Å². The number of methoxy groups -OCH3 is 3. The van der Waals surface area contributed by atoms with E-state index in [0.29, 0.717) is 45.0 Å². The monoisotopic (exact) mass is 920 g/mol. The van der Waals surface area contributed by atoms with Gasteiger partial charge in [0.15, 0.2) is 9.84 Å². The SMILES string of the molecule is COc1ccc(CN(Cc2ccc(OC)cc2)S(=O)(=O)c2c(S(=O)(=O)C3CN(C(=O)OC(C)(C)C)C3)ccc(-c3cccc4cn[nH]c34)c2-c2nnn(Cc3ccc(OC)cc3)n2)cc1. The molecule has 0 spiro atoms. The van der Waals surface area contributed by atoms with Gasteiger partial charge in [0, 0.05) is 37.1 Å². The Morgan fingerprint density at radius 2 is 1.32 bits per heavy atom. The third-order valence-electron chi connectivity index (χ3n) is 10.9. The van der Waals surface area contributed by atoms with Crippen molar-refractivity contribution in [3.05, 3.63) is 126 Å². The minimum Gasteiger partial charge on any atom is -0.497 e. The zero-order valence-electron chi connectivity index (χ0n) is 36.6. The molecule has 1 amide bonds. The minimum absolute atomic E-state index is 0.0908. The molecule has 0 saturated carbocycles. The third-order valence-corrected chi connectivity index (χ3v) is 15.1. The number of aromatic amines is 1. The van der Waals surface area contributed by atoms with Crippen LogP contribution in [0.4, 0.5) is 4.79 Å². The van der Waals surface area contributed by atoms with Crippen molar-refractivity contribution in [1.82, 2.24) is 39.6 Å². The number of hydrogen-bond acceptors (Lipinski definition) is 13. The summed E-state index contributed by atoms with van der Waals surface area (Å²) >= 11 is 0. The number of carbonyl (C=O) groups is 1. The maximum Gasteiger partial charge on any atom is 0.410 e. The number of tetrazole rings is 1. The Morgan fingerprint density at radius 3 is 1.88 bits per heavy atom. The van der Waals surface area contributed by atoms with Crippen molar-refractivity contribution in [1.29, 1.82) is 0 Å². The third kappa shape index (κ3) is 9.38. The van der Waals surface area contributed by atoms with Crippen LogP contribution in [0.15, 0.2) is 119 Å². The fourth-order valence-corrected chi connectivity index (χ4v) is 11.6. The molecule has 1 aliphatic rings. The Labute approximate surface area is 376 Å². The van der Waals surface area contributed by atoms with Crippen molar-refractivity contribution in [3.8, 4) is 39.8 Å². The summed E-state index contributed by atoms with van der Waals surface area (Å²) in [6, 6.07) is 29.4. The fourth-order valence-electron chi connectivity index (χ4n) is 7.50. The lowest BCUT2D eigenvalue weighted by molar-refractivity contribution is 0.0139. The van der Waals surface area contributed by atoms with Crippen LogP contribution in [0.2, 0.25) is 0 Å². The van der Waals surface area contributed by atoms with Gasteiger partial charge in [-0.1, -0.05) is 60.7 Å². The van der Waals surface area contributed by atoms with Gasteiger partial charge in [-0.2, -0.15) is 14.2 Å². The highest BCUT2D eigenvalue weighted by atomic mass is 32.2. The molecule has 1 aliphatic heterocycles. The van der Waals surface area contributed by atoms with Gasteiger partial charge in [-0.05, 0) is 90.7 Å². The number of benzene rings is 5. The number of nitrogens with zero attached hydrogens (tertiary/aromatic N) is 7. The number of amides is 1. The number of hydrogen-bond donors (Lipinski definition) is 1. The molecule has 2 aromatic heterocycles. The van der Waals surface area contributed by atoms with Crippen molar-refractivity contribution in [2.45, 2.75) is 61.0 Å². The number of sulfonamides is 1. The molecule has 65 heavy (non-hydrogen) atoms. The second kappa shape index (κ2) is 18.0. The minimum atomic E-state index is -4.89. The summed E-state index contributed by atoms with van der Waals surface area (Å²) in [5.41, 5.74) is 2.47. The number of nitrogens with one attached hydrogen (secondary N) is 1. The molecule has 3 heterocycles. The number of aromatic nitrogens is 6. The maximum atomic E-state index is 16.1. The van der Waals surface area contributed by atoms with E-state index >= 15 is 16.8 Å². The number of carbonyl (C=O) groups excluding carboxylic acids is 1. The molecule has 0 atom stereocenters. The molecular formula is C46H48N8O9S2. The van der Waals surface area contributed by atoms with Crippen LogP contribution >= 0.6 is 0 Å². The lowest BCUT2D eigenvalue weighted by Crippen LogP contribution is -2.57. The van der Waals surface area contributed by atoms with Gasteiger partial charge in [-0.3, -0.25) is 5.10 Å². The van der Waals surface area contributed by atoms with E-state index in [1.807, 2.05) is 18.2 Å². The summed E-state index contributed by atoms with van der Waals surface area (Å²) in [7, 11) is -4.79. The Morgan fingerprint density at radius 1 is 0.754 bits per heavy atom. The Hall–Kier alpha value is -6.83. The number of H-pyrrole nitrogens is 1. The van der Waals surface area contributed by atoms with Crippen molar-refractivity contribution in [3.63, 3.8) is 0 Å². The van der Waals surface area contributed by atoms with Gasteiger partial charge in [0.25, 0.3) is 0 Å². The lowest BCUT2D eigenvalue weighted by Gasteiger charge is -2.39. The number of ether oxygens (including phenoxy) is 4. The van der Waals surface area contributed by atoms with Gasteiger partial charge >= 0.3 is 6.09 Å². The maximum absolute atomic E-state index is 16.1. The standard InChI is InChI=1S/C46H48N8O9S2/c1-46(2,3)63-45(55)52-28-37(29-52)64(56,57)40-23-22-38(39-9-7-8-33-24-47-48-42(33)39)41(44-49-51-54(50-44)27-32-14-20-36(62-6)21-15-32)43(40)65(58,59)53(25-30-10-16-34(60-4)17-11-30)26-31-12-18-35(61-5)19-13-31/h7-24,37H,25-29H2,1-6H3,(H,47,48). The molecule has 1 saturated heterocycles. The zero-order chi connectivity index (χ0) is 46.1. The molecule has 1 fully saturated rings. The molecule has 17 nitrogen and oxygen atoms in total. The van der Waals surface area contributed by atoms with Crippen molar-refractivity contribution in [2.24, 2.45) is 0 Å². The second-order valence-electron chi connectivity index (χ2n) is 16.5. The van der Waals surface area contributed by atoms with Crippen LogP contribution in [-0.2, 0) is 44.2 Å². The predicted molar refractivity (Wildman–Crippen MR) is 242 cm³/mol. The van der Waals surface area contributed by atoms with Gasteiger partial charge in [0.1, 0.15) is 33.0 Å². The predicted octanol–water partition coefficient (Wildman–Crippen LogP) is 6.74. The van der Waals surface area contributed by atoms with E-state index in [0.717, 1.165) is 10.9 Å². The molecule has 338 valence electrons. The molecular weight excluding hydrogens is 873 g/mol. The first-order valence-corrected chi connectivity index (χ1v) is 23.5. The van der Waals surface area contributed by atoms with E-state index in [9.17, 15) is 4.79 Å². The zero-order valence-corrected chi connectivity index (χ0v) is 38.3.